The monoisotopic (exact) mass is 210 g/mol. The van der Waals surface area contributed by atoms with Crippen molar-refractivity contribution in [2.45, 2.75) is 51.6 Å². The van der Waals surface area contributed by atoms with Crippen molar-refractivity contribution in [3.8, 4) is 0 Å². The van der Waals surface area contributed by atoms with Crippen LogP contribution in [0.25, 0.3) is 0 Å². The summed E-state index contributed by atoms with van der Waals surface area (Å²) in [5.41, 5.74) is 0. The van der Waals surface area contributed by atoms with E-state index in [0.29, 0.717) is 17.6 Å². The number of fused-ring (bicyclic) bond motifs is 1. The third-order valence-corrected chi connectivity index (χ3v) is 3.71. The van der Waals surface area contributed by atoms with E-state index in [0.717, 1.165) is 38.5 Å². The highest BCUT2D eigenvalue weighted by molar-refractivity contribution is 5.79. The van der Waals surface area contributed by atoms with Gasteiger partial charge in [-0.2, -0.15) is 0 Å². The van der Waals surface area contributed by atoms with Crippen LogP contribution in [0.4, 0.5) is 0 Å². The van der Waals surface area contributed by atoms with Gasteiger partial charge >= 0.3 is 5.97 Å². The molecule has 0 aromatic heterocycles. The van der Waals surface area contributed by atoms with Gasteiger partial charge in [0.05, 0.1) is 0 Å². The zero-order valence-corrected chi connectivity index (χ0v) is 9.20. The minimum atomic E-state index is -0.176. The molecule has 2 rings (SSSR count). The molecule has 0 saturated heterocycles. The molecule has 0 bridgehead atoms. The van der Waals surface area contributed by atoms with Crippen LogP contribution in [0.2, 0.25) is 0 Å². The number of carbonyl (C=O) groups excluding carboxylic acids is 2. The van der Waals surface area contributed by atoms with Crippen LogP contribution in [0.15, 0.2) is 0 Å². The molecular weight excluding hydrogens is 192 g/mol. The molecule has 2 unspecified atom stereocenters. The standard InChI is InChI=1S/C12H18O3/c1-8(13)15-12-5-3-9-6-11(14)4-2-10(9)7-12/h9-10,12H,2-7H2,1H3/t9?,10?,12-/m0/s1. The number of Topliss-reactive ketones (excluding diaryl/α,β-unsaturated/α-hetero) is 1. The number of ketones is 1. The number of rotatable bonds is 1. The topological polar surface area (TPSA) is 43.4 Å². The van der Waals surface area contributed by atoms with Gasteiger partial charge in [0.1, 0.15) is 11.9 Å². The fourth-order valence-corrected chi connectivity index (χ4v) is 2.99. The van der Waals surface area contributed by atoms with Crippen molar-refractivity contribution >= 4 is 11.8 Å². The van der Waals surface area contributed by atoms with Crippen molar-refractivity contribution in [3.05, 3.63) is 0 Å². The van der Waals surface area contributed by atoms with Crippen LogP contribution in [-0.4, -0.2) is 17.9 Å². The Labute approximate surface area is 90.2 Å². The van der Waals surface area contributed by atoms with E-state index in [4.69, 9.17) is 4.74 Å². The molecule has 0 aromatic carbocycles. The van der Waals surface area contributed by atoms with Gasteiger partial charge in [0.25, 0.3) is 0 Å². The van der Waals surface area contributed by atoms with Gasteiger partial charge in [0.2, 0.25) is 0 Å². The molecule has 0 N–H and O–H groups in total. The van der Waals surface area contributed by atoms with E-state index < -0.39 is 0 Å². The van der Waals surface area contributed by atoms with E-state index in [-0.39, 0.29) is 12.1 Å². The smallest absolute Gasteiger partial charge is 0.302 e. The van der Waals surface area contributed by atoms with E-state index in [9.17, 15) is 9.59 Å². The number of ether oxygens (including phenoxy) is 1. The summed E-state index contributed by atoms with van der Waals surface area (Å²) in [5, 5.41) is 0. The van der Waals surface area contributed by atoms with E-state index >= 15 is 0 Å². The Hall–Kier alpha value is -0.860. The maximum Gasteiger partial charge on any atom is 0.302 e. The van der Waals surface area contributed by atoms with Crippen molar-refractivity contribution in [3.63, 3.8) is 0 Å². The molecule has 0 spiro atoms. The highest BCUT2D eigenvalue weighted by atomic mass is 16.5. The first-order valence-electron chi connectivity index (χ1n) is 5.84. The highest BCUT2D eigenvalue weighted by Crippen LogP contribution is 2.40. The Kier molecular flexibility index (Phi) is 3.08. The van der Waals surface area contributed by atoms with Gasteiger partial charge < -0.3 is 4.74 Å². The molecule has 0 aromatic rings. The van der Waals surface area contributed by atoms with Gasteiger partial charge in [-0.25, -0.2) is 0 Å². The zero-order valence-electron chi connectivity index (χ0n) is 9.20. The lowest BCUT2D eigenvalue weighted by atomic mass is 9.70. The largest absolute Gasteiger partial charge is 0.463 e. The van der Waals surface area contributed by atoms with Gasteiger partial charge in [0.15, 0.2) is 0 Å². The van der Waals surface area contributed by atoms with Gasteiger partial charge in [-0.1, -0.05) is 0 Å². The van der Waals surface area contributed by atoms with Crippen molar-refractivity contribution in [1.82, 2.24) is 0 Å². The number of hydrogen-bond donors (Lipinski definition) is 0. The van der Waals surface area contributed by atoms with Crippen LogP contribution >= 0.6 is 0 Å². The summed E-state index contributed by atoms with van der Waals surface area (Å²) in [4.78, 5) is 22.1. The normalized spacial score (nSPS) is 35.8. The summed E-state index contributed by atoms with van der Waals surface area (Å²) < 4.78 is 5.24. The molecule has 3 atom stereocenters. The zero-order chi connectivity index (χ0) is 10.8. The minimum absolute atomic E-state index is 0.108. The number of carbonyl (C=O) groups is 2. The first kappa shape index (κ1) is 10.7. The second-order valence-corrected chi connectivity index (χ2v) is 4.85. The summed E-state index contributed by atoms with van der Waals surface area (Å²) in [5.74, 6) is 1.42. The Bertz CT molecular complexity index is 272. The molecule has 2 aliphatic carbocycles. The molecule has 84 valence electrons. The minimum Gasteiger partial charge on any atom is -0.463 e. The van der Waals surface area contributed by atoms with Crippen LogP contribution < -0.4 is 0 Å². The molecule has 0 radical (unpaired) electrons. The average molecular weight is 210 g/mol. The Morgan fingerprint density at radius 3 is 2.80 bits per heavy atom. The predicted octanol–water partition coefficient (Wildman–Crippen LogP) is 2.09. The molecule has 15 heavy (non-hydrogen) atoms. The lowest BCUT2D eigenvalue weighted by Gasteiger charge is -2.38. The third-order valence-electron chi connectivity index (χ3n) is 3.71. The quantitative estimate of drug-likeness (QED) is 0.622. The molecule has 2 fully saturated rings. The second kappa shape index (κ2) is 4.33. The molecule has 2 saturated carbocycles. The Balaban J connectivity index is 1.89. The van der Waals surface area contributed by atoms with Crippen LogP contribution in [0.5, 0.6) is 0 Å². The van der Waals surface area contributed by atoms with Crippen molar-refractivity contribution in [2.24, 2.45) is 11.8 Å². The van der Waals surface area contributed by atoms with Crippen LogP contribution in [0.3, 0.4) is 0 Å². The second-order valence-electron chi connectivity index (χ2n) is 4.85. The first-order chi connectivity index (χ1) is 7.15. The van der Waals surface area contributed by atoms with E-state index in [1.807, 2.05) is 0 Å². The lowest BCUT2D eigenvalue weighted by molar-refractivity contribution is -0.150. The maximum atomic E-state index is 11.3. The lowest BCUT2D eigenvalue weighted by Crippen LogP contribution is -2.34. The van der Waals surface area contributed by atoms with E-state index in [2.05, 4.69) is 0 Å². The van der Waals surface area contributed by atoms with E-state index in [1.54, 1.807) is 0 Å². The maximum absolute atomic E-state index is 11.3. The molecule has 3 nitrogen and oxygen atoms in total. The van der Waals surface area contributed by atoms with E-state index in [1.165, 1.54) is 6.92 Å². The SMILES string of the molecule is CC(=O)O[C@H]1CCC2CC(=O)CCC2C1. The Morgan fingerprint density at radius 1 is 1.27 bits per heavy atom. The van der Waals surface area contributed by atoms with Crippen molar-refractivity contribution < 1.29 is 14.3 Å². The molecule has 3 heteroatoms. The molecule has 0 amide bonds. The van der Waals surface area contributed by atoms with Crippen LogP contribution in [0, 0.1) is 11.8 Å². The van der Waals surface area contributed by atoms with Crippen molar-refractivity contribution in [2.75, 3.05) is 0 Å². The molecule has 0 aliphatic heterocycles. The number of esters is 1. The summed E-state index contributed by atoms with van der Waals surface area (Å²) in [6.45, 7) is 1.47. The predicted molar refractivity (Wildman–Crippen MR) is 55.2 cm³/mol. The fourth-order valence-electron chi connectivity index (χ4n) is 2.99. The van der Waals surface area contributed by atoms with Gasteiger partial charge in [-0.15, -0.1) is 0 Å². The fraction of sp³-hybridized carbons (Fsp3) is 0.833. The van der Waals surface area contributed by atoms with Gasteiger partial charge in [-0.3, -0.25) is 9.59 Å². The van der Waals surface area contributed by atoms with Gasteiger partial charge in [-0.05, 0) is 37.5 Å². The molecular formula is C12H18O3. The van der Waals surface area contributed by atoms with Crippen LogP contribution in [-0.2, 0) is 14.3 Å². The summed E-state index contributed by atoms with van der Waals surface area (Å²) in [7, 11) is 0. The van der Waals surface area contributed by atoms with Crippen molar-refractivity contribution in [1.29, 1.82) is 0 Å². The highest BCUT2D eigenvalue weighted by Gasteiger charge is 2.35. The Morgan fingerprint density at radius 2 is 2.07 bits per heavy atom. The summed E-state index contributed by atoms with van der Waals surface area (Å²) >= 11 is 0. The molecule has 2 aliphatic rings. The first-order valence-corrected chi connectivity index (χ1v) is 5.84. The summed E-state index contributed by atoms with van der Waals surface area (Å²) in [6.07, 6.45) is 5.56. The van der Waals surface area contributed by atoms with Gasteiger partial charge in [0, 0.05) is 19.8 Å². The van der Waals surface area contributed by atoms with Crippen LogP contribution in [0.1, 0.15) is 45.4 Å². The number of hydrogen-bond acceptors (Lipinski definition) is 3. The third kappa shape index (κ3) is 2.58. The average Bonchev–Trinajstić information content (AvgIpc) is 2.17. The summed E-state index contributed by atoms with van der Waals surface area (Å²) in [6, 6.07) is 0. The molecule has 0 heterocycles.